The maximum atomic E-state index is 2.39. The quantitative estimate of drug-likeness (QED) is 0.430. The average molecular weight is 509 g/mol. The van der Waals surface area contributed by atoms with Crippen molar-refractivity contribution in [2.45, 2.75) is 15.5 Å². The molecule has 0 spiro atoms. The van der Waals surface area contributed by atoms with E-state index in [0.29, 0.717) is 47.0 Å². The van der Waals surface area contributed by atoms with Gasteiger partial charge in [-0.3, -0.25) is 0 Å². The molecule has 0 aromatic heterocycles. The summed E-state index contributed by atoms with van der Waals surface area (Å²) in [5.74, 6) is 0. The van der Waals surface area contributed by atoms with Gasteiger partial charge in [-0.05, 0) is 0 Å². The fraction of sp³-hybridized carbons (Fsp3) is 0.143. The Bertz CT molecular complexity index is 625. The van der Waals surface area contributed by atoms with Gasteiger partial charge in [-0.2, -0.15) is 0 Å². The van der Waals surface area contributed by atoms with Crippen LogP contribution in [0.4, 0.5) is 0 Å². The van der Waals surface area contributed by atoms with Crippen LogP contribution in [0.2, 0.25) is 2.11 Å². The van der Waals surface area contributed by atoms with Crippen LogP contribution in [0.5, 0.6) is 0 Å². The predicted octanol–water partition coefficient (Wildman–Crippen LogP) is 2.56. The number of hydrogen-bond acceptors (Lipinski definition) is 0. The summed E-state index contributed by atoms with van der Waals surface area (Å²) < 4.78 is 5.03. The van der Waals surface area contributed by atoms with Crippen molar-refractivity contribution in [1.29, 1.82) is 0 Å². The number of hydrogen-bond donors (Lipinski definition) is 0. The topological polar surface area (TPSA) is 0 Å². The molecule has 0 radical (unpaired) electrons. The molecule has 0 heterocycles. The Balaban J connectivity index is 1.91. The first kappa shape index (κ1) is 18.0. The van der Waals surface area contributed by atoms with Crippen LogP contribution in [-0.4, -0.2) is 44.9 Å². The Labute approximate surface area is 163 Å². The molecule has 0 atom stereocenters. The average Bonchev–Trinajstić information content (AvgIpc) is 2.64. The predicted molar refractivity (Wildman–Crippen MR) is 108 cm³/mol. The summed E-state index contributed by atoms with van der Waals surface area (Å²) in [4.78, 5) is 0. The molecular weight excluding hydrogens is 489 g/mol. The van der Waals surface area contributed by atoms with E-state index in [1.165, 1.54) is 19.8 Å². The molecule has 3 heteroatoms. The molecule has 0 aliphatic heterocycles. The maximum absolute atomic E-state index is 2.39. The van der Waals surface area contributed by atoms with Gasteiger partial charge in [0.25, 0.3) is 0 Å². The van der Waals surface area contributed by atoms with E-state index in [1.54, 1.807) is 0 Å². The Morgan fingerprint density at radius 1 is 0.542 bits per heavy atom. The first-order valence-corrected chi connectivity index (χ1v) is 13.2. The van der Waals surface area contributed by atoms with Crippen molar-refractivity contribution in [3.05, 3.63) is 91.0 Å². The molecule has 0 aliphatic rings. The molecule has 0 amide bonds. The molecule has 0 N–H and O–H groups in total. The van der Waals surface area contributed by atoms with Gasteiger partial charge in [0.1, 0.15) is 0 Å². The van der Waals surface area contributed by atoms with Crippen molar-refractivity contribution >= 4 is 58.3 Å². The molecule has 3 aromatic carbocycles. The van der Waals surface area contributed by atoms with Crippen LogP contribution in [-0.2, 0) is 0 Å². The SMILES string of the molecule is CCC([Se]c1ccccc1)([Se]c1ccccc1)[Se]c1ccccc1. The summed E-state index contributed by atoms with van der Waals surface area (Å²) in [5.41, 5.74) is 0. The third-order valence-electron chi connectivity index (χ3n) is 3.48. The Kier molecular flexibility index (Phi) is 6.81. The number of benzene rings is 3. The normalized spacial score (nSPS) is 11.4. The minimum absolute atomic E-state index is 0.442. The summed E-state index contributed by atoms with van der Waals surface area (Å²) >= 11 is 1.48. The van der Waals surface area contributed by atoms with E-state index in [9.17, 15) is 0 Å². The first-order chi connectivity index (χ1) is 11.8. The van der Waals surface area contributed by atoms with Crippen molar-refractivity contribution < 1.29 is 0 Å². The first-order valence-electron chi connectivity index (χ1n) is 8.02. The zero-order chi connectivity index (χ0) is 16.7. The van der Waals surface area contributed by atoms with Crippen LogP contribution in [0, 0.1) is 0 Å². The van der Waals surface area contributed by atoms with Gasteiger partial charge in [-0.25, -0.2) is 0 Å². The second-order valence-corrected chi connectivity index (χ2v) is 17.9. The van der Waals surface area contributed by atoms with Gasteiger partial charge in [0.2, 0.25) is 0 Å². The standard InChI is InChI=1S/C21H20Se3/c1-2-21(22-18-12-6-3-7-13-18,23-19-14-8-4-9-15-19)24-20-16-10-5-11-17-20/h3-17H,2H2,1H3. The molecule has 0 bridgehead atoms. The van der Waals surface area contributed by atoms with Crippen LogP contribution in [0.25, 0.3) is 0 Å². The summed E-state index contributed by atoms with van der Waals surface area (Å²) in [7, 11) is 0. The van der Waals surface area contributed by atoms with Crippen molar-refractivity contribution in [2.24, 2.45) is 0 Å². The molecule has 0 fully saturated rings. The van der Waals surface area contributed by atoms with Crippen molar-refractivity contribution in [3.8, 4) is 0 Å². The van der Waals surface area contributed by atoms with E-state index in [-0.39, 0.29) is 0 Å². The van der Waals surface area contributed by atoms with E-state index in [4.69, 9.17) is 0 Å². The fourth-order valence-electron chi connectivity index (χ4n) is 2.28. The van der Waals surface area contributed by atoms with Gasteiger partial charge in [-0.15, -0.1) is 0 Å². The minimum atomic E-state index is 0.442. The van der Waals surface area contributed by atoms with Crippen LogP contribution in [0.1, 0.15) is 13.3 Å². The Morgan fingerprint density at radius 3 is 1.08 bits per heavy atom. The Hall–Kier alpha value is -0.782. The monoisotopic (exact) mass is 512 g/mol. The molecule has 24 heavy (non-hydrogen) atoms. The fourth-order valence-corrected chi connectivity index (χ4v) is 15.2. The van der Waals surface area contributed by atoms with Crippen LogP contribution in [0.15, 0.2) is 91.0 Å². The Morgan fingerprint density at radius 2 is 0.833 bits per heavy atom. The summed E-state index contributed by atoms with van der Waals surface area (Å²) in [6.07, 6.45) is 1.26. The van der Waals surface area contributed by atoms with Gasteiger partial charge in [0.05, 0.1) is 0 Å². The van der Waals surface area contributed by atoms with Crippen molar-refractivity contribution in [2.75, 3.05) is 0 Å². The van der Waals surface area contributed by atoms with Crippen LogP contribution < -0.4 is 13.4 Å². The third kappa shape index (κ3) is 5.11. The molecule has 3 rings (SSSR count). The summed E-state index contributed by atoms with van der Waals surface area (Å²) in [5, 5.41) is 0. The molecule has 0 saturated heterocycles. The van der Waals surface area contributed by atoms with Gasteiger partial charge in [0, 0.05) is 0 Å². The van der Waals surface area contributed by atoms with Crippen LogP contribution in [0.3, 0.4) is 0 Å². The van der Waals surface area contributed by atoms with E-state index in [2.05, 4.69) is 97.9 Å². The van der Waals surface area contributed by atoms with Gasteiger partial charge in [-0.1, -0.05) is 0 Å². The van der Waals surface area contributed by atoms with E-state index >= 15 is 0 Å². The van der Waals surface area contributed by atoms with E-state index < -0.39 is 0 Å². The second kappa shape index (κ2) is 9.07. The van der Waals surface area contributed by atoms with Crippen LogP contribution >= 0.6 is 0 Å². The number of rotatable bonds is 7. The van der Waals surface area contributed by atoms with Gasteiger partial charge in [0.15, 0.2) is 0 Å². The van der Waals surface area contributed by atoms with Gasteiger partial charge < -0.3 is 0 Å². The van der Waals surface area contributed by atoms with E-state index in [0.717, 1.165) is 0 Å². The molecule has 0 unspecified atom stereocenters. The van der Waals surface area contributed by atoms with Crippen molar-refractivity contribution in [1.82, 2.24) is 0 Å². The van der Waals surface area contributed by atoms with Gasteiger partial charge >= 0.3 is 165 Å². The molecular formula is C21H20Se3. The second-order valence-electron chi connectivity index (χ2n) is 5.28. The zero-order valence-corrected chi connectivity index (χ0v) is 18.7. The molecule has 0 nitrogen and oxygen atoms in total. The van der Waals surface area contributed by atoms with E-state index in [1.807, 2.05) is 0 Å². The summed E-state index contributed by atoms with van der Waals surface area (Å²) in [6.45, 7) is 2.39. The summed E-state index contributed by atoms with van der Waals surface area (Å²) in [6, 6.07) is 33.3. The molecule has 122 valence electrons. The zero-order valence-electron chi connectivity index (χ0n) is 13.6. The third-order valence-corrected chi connectivity index (χ3v) is 15.9. The van der Waals surface area contributed by atoms with Crippen molar-refractivity contribution in [3.63, 3.8) is 0 Å². The molecule has 3 aromatic rings. The molecule has 0 aliphatic carbocycles. The molecule has 0 saturated carbocycles.